The molecule has 27 heavy (non-hydrogen) atoms. The summed E-state index contributed by atoms with van der Waals surface area (Å²) in [7, 11) is 0. The van der Waals surface area contributed by atoms with Gasteiger partial charge in [0.1, 0.15) is 12.3 Å². The monoisotopic (exact) mass is 363 g/mol. The number of hydrogen-bond donors (Lipinski definition) is 1. The number of nitrogens with zero attached hydrogens (tertiary/aromatic N) is 2. The van der Waals surface area contributed by atoms with Gasteiger partial charge in [-0.15, -0.1) is 0 Å². The van der Waals surface area contributed by atoms with E-state index in [2.05, 4.69) is 17.2 Å². The maximum Gasteiger partial charge on any atom is 0.255 e. The number of imide groups is 1. The van der Waals surface area contributed by atoms with E-state index in [0.29, 0.717) is 41.5 Å². The number of rotatable bonds is 4. The molecule has 1 fully saturated rings. The van der Waals surface area contributed by atoms with Gasteiger partial charge in [-0.3, -0.25) is 19.7 Å². The first-order valence-corrected chi connectivity index (χ1v) is 8.69. The normalized spacial score (nSPS) is 18.3. The maximum atomic E-state index is 12.8. The number of nitrogens with one attached hydrogen (secondary N) is 1. The molecule has 7 heteroatoms. The second-order valence-corrected chi connectivity index (χ2v) is 6.42. The molecule has 0 bridgehead atoms. The number of carbonyl (C=O) groups is 4. The molecule has 7 nitrogen and oxygen atoms in total. The number of piperidine rings is 1. The fraction of sp³-hybridized carbons (Fsp3) is 0.350. The van der Waals surface area contributed by atoms with Gasteiger partial charge in [-0.1, -0.05) is 11.8 Å². The van der Waals surface area contributed by atoms with Gasteiger partial charge in [0.25, 0.3) is 5.91 Å². The Morgan fingerprint density at radius 3 is 2.81 bits per heavy atom. The van der Waals surface area contributed by atoms with E-state index in [1.165, 1.54) is 11.0 Å². The minimum absolute atomic E-state index is 0.184. The molecule has 0 aromatic heterocycles. The summed E-state index contributed by atoms with van der Waals surface area (Å²) < 4.78 is 0. The first-order chi connectivity index (χ1) is 13.0. The molecule has 136 valence electrons. The third kappa shape index (κ3) is 3.73. The van der Waals surface area contributed by atoms with E-state index in [4.69, 9.17) is 0 Å². The smallest absolute Gasteiger partial charge is 0.255 e. The Morgan fingerprint density at radius 2 is 2.11 bits per heavy atom. The Labute approximate surface area is 156 Å². The van der Waals surface area contributed by atoms with Gasteiger partial charge in [0.05, 0.1) is 11.6 Å². The Morgan fingerprint density at radius 1 is 1.30 bits per heavy atom. The second-order valence-electron chi connectivity index (χ2n) is 6.42. The zero-order chi connectivity index (χ0) is 19.4. The molecule has 1 saturated heterocycles. The van der Waals surface area contributed by atoms with E-state index >= 15 is 0 Å². The lowest BCUT2D eigenvalue weighted by atomic mass is 10.00. The summed E-state index contributed by atoms with van der Waals surface area (Å²) in [4.78, 5) is 48.1. The molecule has 1 aromatic carbocycles. The number of amides is 3. The van der Waals surface area contributed by atoms with Crippen molar-refractivity contribution in [1.82, 2.24) is 10.2 Å². The Hall–Kier alpha value is -3.45. The van der Waals surface area contributed by atoms with Crippen LogP contribution in [0.5, 0.6) is 0 Å². The van der Waals surface area contributed by atoms with Gasteiger partial charge in [0.15, 0.2) is 0 Å². The van der Waals surface area contributed by atoms with Crippen LogP contribution >= 0.6 is 0 Å². The lowest BCUT2D eigenvalue weighted by Gasteiger charge is -2.29. The Kier molecular flexibility index (Phi) is 5.33. The molecule has 1 unspecified atom stereocenters. The van der Waals surface area contributed by atoms with Crippen molar-refractivity contribution in [2.24, 2.45) is 0 Å². The Bertz CT molecular complexity index is 933. The van der Waals surface area contributed by atoms with E-state index in [9.17, 15) is 24.4 Å². The molecule has 1 N–H and O–H groups in total. The SMILES string of the molecule is N#Cc1cc(C#CCCCC=O)c2c(c1)C(=O)N(C1CCC(=O)NC1=O)C2. The van der Waals surface area contributed by atoms with E-state index in [1.807, 2.05) is 6.07 Å². The highest BCUT2D eigenvalue weighted by molar-refractivity contribution is 6.05. The third-order valence-corrected chi connectivity index (χ3v) is 4.63. The van der Waals surface area contributed by atoms with Gasteiger partial charge < -0.3 is 9.69 Å². The number of benzene rings is 1. The van der Waals surface area contributed by atoms with Crippen molar-refractivity contribution >= 4 is 24.0 Å². The Balaban J connectivity index is 1.89. The molecule has 3 rings (SSSR count). The van der Waals surface area contributed by atoms with Gasteiger partial charge in [-0.25, -0.2) is 0 Å². The largest absolute Gasteiger partial charge is 0.322 e. The topological polar surface area (TPSA) is 107 Å². The minimum atomic E-state index is -0.707. The summed E-state index contributed by atoms with van der Waals surface area (Å²) in [6, 6.07) is 4.47. The van der Waals surface area contributed by atoms with Crippen LogP contribution in [0.25, 0.3) is 0 Å². The molecular formula is C20H17N3O4. The number of aldehydes is 1. The number of hydrogen-bond acceptors (Lipinski definition) is 5. The number of unbranched alkanes of at least 4 members (excludes halogenated alkanes) is 2. The number of fused-ring (bicyclic) bond motifs is 1. The van der Waals surface area contributed by atoms with Crippen molar-refractivity contribution in [3.8, 4) is 17.9 Å². The molecule has 3 amide bonds. The average Bonchev–Trinajstić information content (AvgIpc) is 2.98. The molecule has 1 aromatic rings. The first-order valence-electron chi connectivity index (χ1n) is 8.69. The fourth-order valence-corrected chi connectivity index (χ4v) is 3.27. The highest BCUT2D eigenvalue weighted by Gasteiger charge is 2.40. The quantitative estimate of drug-likeness (QED) is 0.372. The molecule has 2 aliphatic heterocycles. The summed E-state index contributed by atoms with van der Waals surface area (Å²) in [5.41, 5.74) is 1.96. The van der Waals surface area contributed by atoms with Gasteiger partial charge in [-0.05, 0) is 30.5 Å². The van der Waals surface area contributed by atoms with Crippen molar-refractivity contribution < 1.29 is 19.2 Å². The van der Waals surface area contributed by atoms with Crippen molar-refractivity contribution in [1.29, 1.82) is 5.26 Å². The van der Waals surface area contributed by atoms with Crippen molar-refractivity contribution in [3.63, 3.8) is 0 Å². The third-order valence-electron chi connectivity index (χ3n) is 4.63. The van der Waals surface area contributed by atoms with Crippen LogP contribution in [0.3, 0.4) is 0 Å². The summed E-state index contributed by atoms with van der Waals surface area (Å²) in [5, 5.41) is 11.5. The number of carbonyl (C=O) groups excluding carboxylic acids is 4. The predicted octanol–water partition coefficient (Wildman–Crippen LogP) is 1.04. The van der Waals surface area contributed by atoms with Crippen LogP contribution in [0, 0.1) is 23.2 Å². The van der Waals surface area contributed by atoms with Crippen molar-refractivity contribution in [2.75, 3.05) is 0 Å². The van der Waals surface area contributed by atoms with Crippen LogP contribution < -0.4 is 5.32 Å². The lowest BCUT2D eigenvalue weighted by Crippen LogP contribution is -2.52. The van der Waals surface area contributed by atoms with E-state index in [0.717, 1.165) is 6.29 Å². The fourth-order valence-electron chi connectivity index (χ4n) is 3.27. The van der Waals surface area contributed by atoms with E-state index in [1.54, 1.807) is 6.07 Å². The average molecular weight is 363 g/mol. The van der Waals surface area contributed by atoms with Gasteiger partial charge in [-0.2, -0.15) is 5.26 Å². The molecule has 2 heterocycles. The summed E-state index contributed by atoms with van der Waals surface area (Å²) in [5.74, 6) is 4.81. The second kappa shape index (κ2) is 7.84. The van der Waals surface area contributed by atoms with Gasteiger partial charge in [0, 0.05) is 36.9 Å². The maximum absolute atomic E-state index is 12.8. The highest BCUT2D eigenvalue weighted by Crippen LogP contribution is 2.30. The van der Waals surface area contributed by atoms with E-state index in [-0.39, 0.29) is 31.2 Å². The van der Waals surface area contributed by atoms with Crippen molar-refractivity contribution in [3.05, 3.63) is 34.4 Å². The predicted molar refractivity (Wildman–Crippen MR) is 94.0 cm³/mol. The van der Waals surface area contributed by atoms with Crippen LogP contribution in [-0.2, 0) is 20.9 Å². The zero-order valence-corrected chi connectivity index (χ0v) is 14.6. The molecular weight excluding hydrogens is 346 g/mol. The van der Waals surface area contributed by atoms with Crippen LogP contribution in [-0.4, -0.2) is 34.9 Å². The van der Waals surface area contributed by atoms with Crippen LogP contribution in [0.15, 0.2) is 12.1 Å². The zero-order valence-electron chi connectivity index (χ0n) is 14.6. The highest BCUT2D eigenvalue weighted by atomic mass is 16.2. The van der Waals surface area contributed by atoms with Crippen molar-refractivity contribution in [2.45, 2.75) is 44.7 Å². The number of nitriles is 1. The standard InChI is InChI=1S/C20H17N3O4/c21-11-13-9-14(5-3-1-2-4-8-24)16-12-23(20(27)15(16)10-13)17-6-7-18(25)22-19(17)26/h8-10,17H,1-2,4,6-7,12H2,(H,22,25,26). The molecule has 2 aliphatic rings. The first kappa shape index (κ1) is 18.3. The van der Waals surface area contributed by atoms with E-state index < -0.39 is 11.9 Å². The molecule has 0 spiro atoms. The van der Waals surface area contributed by atoms with Gasteiger partial charge >= 0.3 is 0 Å². The summed E-state index contributed by atoms with van der Waals surface area (Å²) in [6.07, 6.45) is 2.93. The van der Waals surface area contributed by atoms with Gasteiger partial charge in [0.2, 0.25) is 11.8 Å². The lowest BCUT2D eigenvalue weighted by molar-refractivity contribution is -0.136. The molecule has 0 aliphatic carbocycles. The van der Waals surface area contributed by atoms with Crippen LogP contribution in [0.2, 0.25) is 0 Å². The summed E-state index contributed by atoms with van der Waals surface area (Å²) in [6.45, 7) is 0.213. The molecule has 1 atom stereocenters. The summed E-state index contributed by atoms with van der Waals surface area (Å²) >= 11 is 0. The van der Waals surface area contributed by atoms with Crippen LogP contribution in [0.1, 0.15) is 59.2 Å². The molecule has 0 saturated carbocycles. The van der Waals surface area contributed by atoms with Crippen LogP contribution in [0.4, 0.5) is 0 Å². The minimum Gasteiger partial charge on any atom is -0.322 e. The molecule has 0 radical (unpaired) electrons.